The number of carboxylic acids is 1. The first-order valence-corrected chi connectivity index (χ1v) is 7.14. The summed E-state index contributed by atoms with van der Waals surface area (Å²) in [5.41, 5.74) is 2.58. The fourth-order valence-corrected chi connectivity index (χ4v) is 2.14. The van der Waals surface area contributed by atoms with Crippen LogP contribution in [0.2, 0.25) is 5.02 Å². The normalized spacial score (nSPS) is 9.50. The molecule has 22 heavy (non-hydrogen) atoms. The minimum Gasteiger partial charge on any atom is -0.478 e. The average molecular weight is 311 g/mol. The van der Waals surface area contributed by atoms with E-state index in [9.17, 15) is 4.79 Å². The highest BCUT2D eigenvalue weighted by molar-refractivity contribution is 6.33. The van der Waals surface area contributed by atoms with E-state index in [-0.39, 0.29) is 0 Å². The molecule has 3 aromatic rings. The van der Waals surface area contributed by atoms with Crippen molar-refractivity contribution in [3.8, 4) is 11.1 Å². The molecule has 0 bridgehead atoms. The Bertz CT molecular complexity index is 725. The summed E-state index contributed by atoms with van der Waals surface area (Å²) >= 11 is 6.06. The second-order valence-electron chi connectivity index (χ2n) is 4.52. The smallest absolute Gasteiger partial charge is 0.335 e. The van der Waals surface area contributed by atoms with Crippen LogP contribution in [0, 0.1) is 0 Å². The fraction of sp³-hybridized carbons (Fsp3) is 0. The number of halogens is 1. The molecule has 0 fully saturated rings. The van der Waals surface area contributed by atoms with Gasteiger partial charge in [0.05, 0.1) is 5.56 Å². The van der Waals surface area contributed by atoms with E-state index < -0.39 is 5.97 Å². The Kier molecular flexibility index (Phi) is 5.75. The predicted octanol–water partition coefficient (Wildman–Crippen LogP) is 5.39. The highest BCUT2D eigenvalue weighted by atomic mass is 35.5. The molecule has 0 radical (unpaired) electrons. The number of aromatic carboxylic acids is 1. The Hall–Kier alpha value is -2.58. The summed E-state index contributed by atoms with van der Waals surface area (Å²) in [7, 11) is 0. The van der Waals surface area contributed by atoms with Crippen molar-refractivity contribution in [1.82, 2.24) is 0 Å². The molecule has 0 atom stereocenters. The van der Waals surface area contributed by atoms with Gasteiger partial charge in [0.1, 0.15) is 0 Å². The van der Waals surface area contributed by atoms with Crippen LogP contribution in [0.4, 0.5) is 0 Å². The van der Waals surface area contributed by atoms with Crippen molar-refractivity contribution < 1.29 is 9.90 Å². The largest absolute Gasteiger partial charge is 0.478 e. The minimum atomic E-state index is -0.879. The number of rotatable bonds is 2. The van der Waals surface area contributed by atoms with E-state index in [1.807, 2.05) is 42.5 Å². The second-order valence-corrected chi connectivity index (χ2v) is 4.92. The Balaban J connectivity index is 0.000000172. The Morgan fingerprint density at radius 2 is 1.23 bits per heavy atom. The summed E-state index contributed by atoms with van der Waals surface area (Å²) < 4.78 is 0. The van der Waals surface area contributed by atoms with Crippen molar-refractivity contribution in [2.75, 3.05) is 0 Å². The van der Waals surface area contributed by atoms with Gasteiger partial charge in [0.2, 0.25) is 0 Å². The Morgan fingerprint density at radius 1 is 0.727 bits per heavy atom. The van der Waals surface area contributed by atoms with Gasteiger partial charge in [-0.1, -0.05) is 78.3 Å². The van der Waals surface area contributed by atoms with E-state index in [4.69, 9.17) is 16.7 Å². The molecule has 3 heteroatoms. The maximum Gasteiger partial charge on any atom is 0.335 e. The summed E-state index contributed by atoms with van der Waals surface area (Å²) in [6.07, 6.45) is 0. The van der Waals surface area contributed by atoms with Gasteiger partial charge in [-0.15, -0.1) is 0 Å². The van der Waals surface area contributed by atoms with Crippen LogP contribution in [0.15, 0.2) is 84.9 Å². The topological polar surface area (TPSA) is 37.3 Å². The number of hydrogen-bond donors (Lipinski definition) is 1. The summed E-state index contributed by atoms with van der Waals surface area (Å²) in [6, 6.07) is 26.3. The predicted molar refractivity (Wildman–Crippen MR) is 90.3 cm³/mol. The first-order valence-electron chi connectivity index (χ1n) is 6.77. The molecule has 0 aliphatic carbocycles. The third-order valence-corrected chi connectivity index (χ3v) is 3.31. The van der Waals surface area contributed by atoms with Gasteiger partial charge in [-0.3, -0.25) is 0 Å². The number of benzene rings is 3. The molecule has 0 spiro atoms. The van der Waals surface area contributed by atoms with E-state index in [0.717, 1.165) is 16.1 Å². The van der Waals surface area contributed by atoms with Crippen LogP contribution in [0.5, 0.6) is 0 Å². The fourth-order valence-electron chi connectivity index (χ4n) is 1.89. The van der Waals surface area contributed by atoms with Gasteiger partial charge >= 0.3 is 5.97 Å². The van der Waals surface area contributed by atoms with E-state index >= 15 is 0 Å². The highest BCUT2D eigenvalue weighted by Crippen LogP contribution is 2.26. The minimum absolute atomic E-state index is 0.331. The molecular weight excluding hydrogens is 296 g/mol. The summed E-state index contributed by atoms with van der Waals surface area (Å²) in [5, 5.41) is 9.18. The van der Waals surface area contributed by atoms with Gasteiger partial charge in [-0.2, -0.15) is 0 Å². The number of hydrogen-bond acceptors (Lipinski definition) is 1. The molecule has 3 aromatic carbocycles. The number of carboxylic acid groups (broad SMARTS) is 1. The monoisotopic (exact) mass is 310 g/mol. The first-order chi connectivity index (χ1) is 10.7. The standard InChI is InChI=1S/C12H9Cl.C7H6O2/c13-12-9-5-4-8-11(12)10-6-2-1-3-7-10;8-7(9)6-4-2-1-3-5-6/h1-9H;1-5H,(H,8,9). The van der Waals surface area contributed by atoms with Crippen molar-refractivity contribution in [1.29, 1.82) is 0 Å². The molecule has 0 saturated heterocycles. The van der Waals surface area contributed by atoms with Crippen molar-refractivity contribution >= 4 is 17.6 Å². The molecule has 110 valence electrons. The molecule has 0 saturated carbocycles. The van der Waals surface area contributed by atoms with E-state index in [1.54, 1.807) is 30.3 Å². The van der Waals surface area contributed by atoms with Crippen LogP contribution in [0.3, 0.4) is 0 Å². The summed E-state index contributed by atoms with van der Waals surface area (Å²) in [5.74, 6) is -0.879. The van der Waals surface area contributed by atoms with Gasteiger partial charge in [0.15, 0.2) is 0 Å². The van der Waals surface area contributed by atoms with Gasteiger partial charge in [-0.05, 0) is 23.8 Å². The van der Waals surface area contributed by atoms with Crippen LogP contribution in [-0.2, 0) is 0 Å². The van der Waals surface area contributed by atoms with Gasteiger partial charge in [0, 0.05) is 10.6 Å². The van der Waals surface area contributed by atoms with Crippen molar-refractivity contribution in [3.63, 3.8) is 0 Å². The maximum absolute atomic E-state index is 10.2. The van der Waals surface area contributed by atoms with E-state index in [0.29, 0.717) is 5.56 Å². The van der Waals surface area contributed by atoms with Crippen LogP contribution in [0.25, 0.3) is 11.1 Å². The molecule has 1 N–H and O–H groups in total. The van der Waals surface area contributed by atoms with Gasteiger partial charge in [0.25, 0.3) is 0 Å². The first kappa shape index (κ1) is 15.8. The summed E-state index contributed by atoms with van der Waals surface area (Å²) in [6.45, 7) is 0. The molecule has 3 rings (SSSR count). The van der Waals surface area contributed by atoms with Gasteiger partial charge in [-0.25, -0.2) is 4.79 Å². The van der Waals surface area contributed by atoms with Crippen molar-refractivity contribution in [2.24, 2.45) is 0 Å². The zero-order valence-electron chi connectivity index (χ0n) is 11.8. The molecule has 0 unspecified atom stereocenters. The number of carbonyl (C=O) groups is 1. The van der Waals surface area contributed by atoms with Gasteiger partial charge < -0.3 is 5.11 Å². The lowest BCUT2D eigenvalue weighted by atomic mass is 10.1. The van der Waals surface area contributed by atoms with Crippen LogP contribution >= 0.6 is 11.6 Å². The lowest BCUT2D eigenvalue weighted by molar-refractivity contribution is 0.0697. The highest BCUT2D eigenvalue weighted by Gasteiger charge is 1.99. The maximum atomic E-state index is 10.2. The average Bonchev–Trinajstić information content (AvgIpc) is 2.57. The Labute approximate surface area is 134 Å². The molecule has 0 aliphatic rings. The zero-order valence-corrected chi connectivity index (χ0v) is 12.6. The third-order valence-electron chi connectivity index (χ3n) is 2.98. The SMILES string of the molecule is Clc1ccccc1-c1ccccc1.O=C(O)c1ccccc1. The summed E-state index contributed by atoms with van der Waals surface area (Å²) in [4.78, 5) is 10.2. The molecule has 0 heterocycles. The van der Waals surface area contributed by atoms with Crippen LogP contribution in [0.1, 0.15) is 10.4 Å². The molecule has 2 nitrogen and oxygen atoms in total. The van der Waals surface area contributed by atoms with Crippen molar-refractivity contribution in [3.05, 3.63) is 95.5 Å². The second kappa shape index (κ2) is 8.01. The zero-order chi connectivity index (χ0) is 15.8. The van der Waals surface area contributed by atoms with E-state index in [2.05, 4.69) is 12.1 Å². The molecule has 0 aliphatic heterocycles. The van der Waals surface area contributed by atoms with E-state index in [1.165, 1.54) is 0 Å². The quantitative estimate of drug-likeness (QED) is 0.689. The third kappa shape index (κ3) is 4.47. The van der Waals surface area contributed by atoms with Crippen LogP contribution in [-0.4, -0.2) is 11.1 Å². The Morgan fingerprint density at radius 3 is 1.73 bits per heavy atom. The van der Waals surface area contributed by atoms with Crippen molar-refractivity contribution in [2.45, 2.75) is 0 Å². The lowest BCUT2D eigenvalue weighted by Gasteiger charge is -2.02. The molecule has 0 aromatic heterocycles. The molecule has 0 amide bonds. The van der Waals surface area contributed by atoms with Crippen LogP contribution < -0.4 is 0 Å². The molecular formula is C19H15ClO2. The lowest BCUT2D eigenvalue weighted by Crippen LogP contribution is -1.93.